The van der Waals surface area contributed by atoms with Crippen molar-refractivity contribution in [3.05, 3.63) is 63.9 Å². The van der Waals surface area contributed by atoms with Gasteiger partial charge in [-0.2, -0.15) is 0 Å². The monoisotopic (exact) mass is 433 g/mol. The molecule has 3 rings (SSSR count). The first kappa shape index (κ1) is 22.1. The maximum atomic E-state index is 12.4. The van der Waals surface area contributed by atoms with E-state index < -0.39 is 0 Å². The first-order chi connectivity index (χ1) is 13.9. The van der Waals surface area contributed by atoms with E-state index in [4.69, 9.17) is 23.2 Å². The number of rotatable bonds is 7. The number of aromatic nitrogens is 1. The molecule has 0 bridgehead atoms. The van der Waals surface area contributed by atoms with Crippen molar-refractivity contribution >= 4 is 29.1 Å². The number of hydrogen-bond donors (Lipinski definition) is 1. The molecule has 1 aliphatic heterocycles. The summed E-state index contributed by atoms with van der Waals surface area (Å²) in [5.41, 5.74) is 2.08. The van der Waals surface area contributed by atoms with Crippen LogP contribution in [0.5, 0.6) is 0 Å². The van der Waals surface area contributed by atoms with Gasteiger partial charge in [-0.25, -0.2) is 0 Å². The predicted octanol–water partition coefficient (Wildman–Crippen LogP) is 5.65. The van der Waals surface area contributed by atoms with E-state index in [2.05, 4.69) is 15.2 Å². The first-order valence-corrected chi connectivity index (χ1v) is 11.1. The molecular formula is C23H29Cl2N3O. The van der Waals surface area contributed by atoms with Gasteiger partial charge in [-0.15, -0.1) is 0 Å². The minimum Gasteiger partial charge on any atom is -0.347 e. The van der Waals surface area contributed by atoms with Crippen LogP contribution in [-0.2, 0) is 11.3 Å². The van der Waals surface area contributed by atoms with Gasteiger partial charge in [-0.05, 0) is 55.6 Å². The van der Waals surface area contributed by atoms with Gasteiger partial charge >= 0.3 is 0 Å². The Morgan fingerprint density at radius 1 is 1.21 bits per heavy atom. The van der Waals surface area contributed by atoms with Crippen LogP contribution in [0, 0.1) is 5.92 Å². The number of carbonyl (C=O) groups excluding carboxylic acids is 1. The minimum absolute atomic E-state index is 0.0557. The van der Waals surface area contributed by atoms with Crippen LogP contribution in [0.15, 0.2) is 42.6 Å². The second-order valence-electron chi connectivity index (χ2n) is 8.07. The summed E-state index contributed by atoms with van der Waals surface area (Å²) in [5.74, 6) is 0.00683. The van der Waals surface area contributed by atoms with Gasteiger partial charge in [0.1, 0.15) is 0 Å². The molecule has 0 spiro atoms. The third-order valence-corrected chi connectivity index (χ3v) is 6.25. The average Bonchev–Trinajstić information content (AvgIpc) is 2.72. The van der Waals surface area contributed by atoms with Gasteiger partial charge in [0.25, 0.3) is 0 Å². The molecule has 1 aromatic heterocycles. The topological polar surface area (TPSA) is 45.2 Å². The Hall–Kier alpha value is -1.62. The van der Waals surface area contributed by atoms with Crippen LogP contribution in [0.2, 0.25) is 10.0 Å². The third kappa shape index (κ3) is 6.18. The summed E-state index contributed by atoms with van der Waals surface area (Å²) in [6.45, 7) is 5.70. The molecule has 29 heavy (non-hydrogen) atoms. The normalized spacial score (nSPS) is 18.6. The maximum absolute atomic E-state index is 12.4. The van der Waals surface area contributed by atoms with Crippen LogP contribution in [0.25, 0.3) is 0 Å². The highest BCUT2D eigenvalue weighted by Crippen LogP contribution is 2.29. The summed E-state index contributed by atoms with van der Waals surface area (Å²) in [6.07, 6.45) is 6.14. The molecule has 2 heterocycles. The molecule has 156 valence electrons. The molecule has 2 aromatic rings. The van der Waals surface area contributed by atoms with Gasteiger partial charge in [-0.3, -0.25) is 14.7 Å². The number of pyridine rings is 1. The Morgan fingerprint density at radius 3 is 2.72 bits per heavy atom. The van der Waals surface area contributed by atoms with Gasteiger partial charge in [0, 0.05) is 24.7 Å². The molecular weight excluding hydrogens is 405 g/mol. The summed E-state index contributed by atoms with van der Waals surface area (Å²) in [7, 11) is 0. The molecule has 1 fully saturated rings. The highest BCUT2D eigenvalue weighted by molar-refractivity contribution is 6.42. The zero-order chi connectivity index (χ0) is 20.8. The lowest BCUT2D eigenvalue weighted by molar-refractivity contribution is -0.125. The Bertz CT molecular complexity index is 813. The lowest BCUT2D eigenvalue weighted by atomic mass is 9.93. The number of halogens is 2. The van der Waals surface area contributed by atoms with Gasteiger partial charge in [0.2, 0.25) is 5.91 Å². The summed E-state index contributed by atoms with van der Waals surface area (Å²) >= 11 is 12.3. The van der Waals surface area contributed by atoms with Crippen molar-refractivity contribution < 1.29 is 4.79 Å². The van der Waals surface area contributed by atoms with Crippen molar-refractivity contribution in [3.8, 4) is 0 Å². The van der Waals surface area contributed by atoms with Crippen molar-refractivity contribution in [1.82, 2.24) is 15.2 Å². The molecule has 1 saturated heterocycles. The smallest absolute Gasteiger partial charge is 0.223 e. The number of nitrogens with zero attached hydrogens (tertiary/aromatic N) is 2. The summed E-state index contributed by atoms with van der Waals surface area (Å²) in [6, 6.07) is 12.0. The lowest BCUT2D eigenvalue weighted by Crippen LogP contribution is -2.43. The summed E-state index contributed by atoms with van der Waals surface area (Å²) in [4.78, 5) is 19.5. The van der Waals surface area contributed by atoms with Crippen LogP contribution in [-0.4, -0.2) is 28.4 Å². The van der Waals surface area contributed by atoms with Gasteiger partial charge in [-0.1, -0.05) is 55.6 Å². The van der Waals surface area contributed by atoms with Crippen LogP contribution < -0.4 is 5.32 Å². The van der Waals surface area contributed by atoms with Crippen molar-refractivity contribution in [2.24, 2.45) is 5.92 Å². The number of nitrogens with one attached hydrogen (secondary N) is 1. The Kier molecular flexibility index (Phi) is 7.93. The Morgan fingerprint density at radius 2 is 2.03 bits per heavy atom. The molecule has 0 radical (unpaired) electrons. The molecule has 1 N–H and O–H groups in total. The third-order valence-electron chi connectivity index (χ3n) is 5.51. The van der Waals surface area contributed by atoms with E-state index in [-0.39, 0.29) is 17.9 Å². The molecule has 0 aliphatic carbocycles. The number of likely N-dealkylation sites (tertiary alicyclic amines) is 1. The van der Waals surface area contributed by atoms with Crippen LogP contribution in [0.4, 0.5) is 0 Å². The summed E-state index contributed by atoms with van der Waals surface area (Å²) < 4.78 is 0. The predicted molar refractivity (Wildman–Crippen MR) is 119 cm³/mol. The molecule has 0 unspecified atom stereocenters. The number of piperidine rings is 1. The maximum Gasteiger partial charge on any atom is 0.223 e. The number of carbonyl (C=O) groups is 1. The van der Waals surface area contributed by atoms with Gasteiger partial charge in [0.05, 0.1) is 21.8 Å². The largest absolute Gasteiger partial charge is 0.347 e. The highest BCUT2D eigenvalue weighted by Gasteiger charge is 2.28. The SMILES string of the molecule is CC(C)C(=O)N[C@H](C[C@@H]1CCCCN1Cc1ccc(Cl)c(Cl)c1)c1ccccn1. The molecule has 1 aromatic carbocycles. The standard InChI is InChI=1S/C23H29Cl2N3O/c1-16(2)23(29)27-22(21-8-3-5-11-26-21)14-18-7-4-6-12-28(18)15-17-9-10-19(24)20(25)13-17/h3,5,8-11,13,16,18,22H,4,6-7,12,14-15H2,1-2H3,(H,27,29)/t18-,22+/m0/s1. The quantitative estimate of drug-likeness (QED) is 0.613. The Balaban J connectivity index is 1.76. The molecule has 0 saturated carbocycles. The molecule has 1 amide bonds. The second kappa shape index (κ2) is 10.4. The van der Waals surface area contributed by atoms with Gasteiger partial charge in [0.15, 0.2) is 0 Å². The highest BCUT2D eigenvalue weighted by atomic mass is 35.5. The first-order valence-electron chi connectivity index (χ1n) is 10.3. The zero-order valence-corrected chi connectivity index (χ0v) is 18.6. The van der Waals surface area contributed by atoms with Crippen LogP contribution >= 0.6 is 23.2 Å². The van der Waals surface area contributed by atoms with Crippen molar-refractivity contribution in [2.75, 3.05) is 6.54 Å². The van der Waals surface area contributed by atoms with E-state index in [9.17, 15) is 4.79 Å². The molecule has 1 aliphatic rings. The number of hydrogen-bond acceptors (Lipinski definition) is 3. The van der Waals surface area contributed by atoms with E-state index in [1.807, 2.05) is 50.2 Å². The van der Waals surface area contributed by atoms with Crippen molar-refractivity contribution in [3.63, 3.8) is 0 Å². The van der Waals surface area contributed by atoms with Crippen LogP contribution in [0.1, 0.15) is 56.8 Å². The molecule has 6 heteroatoms. The fraction of sp³-hybridized carbons (Fsp3) is 0.478. The van der Waals surface area contributed by atoms with Crippen molar-refractivity contribution in [1.29, 1.82) is 0 Å². The van der Waals surface area contributed by atoms with E-state index in [1.54, 1.807) is 6.20 Å². The number of benzene rings is 1. The Labute approximate surface area is 183 Å². The fourth-order valence-electron chi connectivity index (χ4n) is 3.85. The lowest BCUT2D eigenvalue weighted by Gasteiger charge is -2.38. The molecule has 4 nitrogen and oxygen atoms in total. The number of amides is 1. The van der Waals surface area contributed by atoms with Crippen molar-refractivity contribution in [2.45, 2.75) is 58.2 Å². The fourth-order valence-corrected chi connectivity index (χ4v) is 4.17. The summed E-state index contributed by atoms with van der Waals surface area (Å²) in [5, 5.41) is 4.39. The van der Waals surface area contributed by atoms with Gasteiger partial charge < -0.3 is 5.32 Å². The molecule has 2 atom stereocenters. The average molecular weight is 434 g/mol. The van der Waals surface area contributed by atoms with Crippen LogP contribution in [0.3, 0.4) is 0 Å². The minimum atomic E-state index is -0.0921. The van der Waals surface area contributed by atoms with E-state index in [1.165, 1.54) is 12.8 Å². The second-order valence-corrected chi connectivity index (χ2v) is 8.89. The van der Waals surface area contributed by atoms with E-state index in [0.29, 0.717) is 16.1 Å². The van der Waals surface area contributed by atoms with E-state index >= 15 is 0 Å². The zero-order valence-electron chi connectivity index (χ0n) is 17.1. The van der Waals surface area contributed by atoms with E-state index in [0.717, 1.165) is 37.2 Å².